The van der Waals surface area contributed by atoms with Gasteiger partial charge < -0.3 is 10.1 Å². The van der Waals surface area contributed by atoms with Crippen LogP contribution in [0.1, 0.15) is 42.9 Å². The van der Waals surface area contributed by atoms with Crippen LogP contribution in [0.25, 0.3) is 16.5 Å². The van der Waals surface area contributed by atoms with Gasteiger partial charge in [0.05, 0.1) is 17.8 Å². The maximum atomic E-state index is 12.4. The molecule has 31 heavy (non-hydrogen) atoms. The highest BCUT2D eigenvalue weighted by molar-refractivity contribution is 6.03. The van der Waals surface area contributed by atoms with Crippen LogP contribution in [0.3, 0.4) is 0 Å². The molecule has 0 radical (unpaired) electrons. The number of Topliss-reactive ketones (excluding diaryl/α,β-unsaturated/α-hetero) is 1. The van der Waals surface area contributed by atoms with Gasteiger partial charge in [-0.25, -0.2) is 9.97 Å². The number of ether oxygens (including phenoxy) is 1. The van der Waals surface area contributed by atoms with E-state index in [9.17, 15) is 4.79 Å². The number of carbonyl (C=O) groups is 1. The summed E-state index contributed by atoms with van der Waals surface area (Å²) in [7, 11) is 0. The third-order valence-electron chi connectivity index (χ3n) is 4.65. The number of para-hydroxylation sites is 1. The molecular formula is C25H26N4O2. The van der Waals surface area contributed by atoms with Gasteiger partial charge in [0.15, 0.2) is 11.6 Å². The molecule has 0 saturated carbocycles. The largest absolute Gasteiger partial charge is 0.494 e. The molecule has 1 heterocycles. The number of rotatable bonds is 10. The van der Waals surface area contributed by atoms with Crippen LogP contribution in [0.2, 0.25) is 0 Å². The summed E-state index contributed by atoms with van der Waals surface area (Å²) >= 11 is 0. The van der Waals surface area contributed by atoms with Crippen molar-refractivity contribution in [2.75, 3.05) is 11.9 Å². The van der Waals surface area contributed by atoms with Gasteiger partial charge in [-0.05, 0) is 43.5 Å². The van der Waals surface area contributed by atoms with Crippen molar-refractivity contribution in [2.45, 2.75) is 26.7 Å². The summed E-state index contributed by atoms with van der Waals surface area (Å²) in [5, 5.41) is 4.12. The molecule has 0 aliphatic carbocycles. The van der Waals surface area contributed by atoms with Gasteiger partial charge in [0.1, 0.15) is 11.6 Å². The molecule has 1 N–H and O–H groups in total. The summed E-state index contributed by atoms with van der Waals surface area (Å²) < 4.78 is 5.80. The Kier molecular flexibility index (Phi) is 7.27. The number of benzene rings is 2. The minimum Gasteiger partial charge on any atom is -0.494 e. The lowest BCUT2D eigenvalue weighted by Crippen LogP contribution is -2.06. The van der Waals surface area contributed by atoms with E-state index in [4.69, 9.17) is 9.72 Å². The zero-order valence-corrected chi connectivity index (χ0v) is 17.9. The molecule has 2 aromatic carbocycles. The monoisotopic (exact) mass is 414 g/mol. The van der Waals surface area contributed by atoms with Crippen LogP contribution in [-0.2, 0) is 0 Å². The van der Waals surface area contributed by atoms with Gasteiger partial charge in [0.25, 0.3) is 0 Å². The van der Waals surface area contributed by atoms with E-state index in [1.807, 2.05) is 49.4 Å². The molecule has 1 aromatic heterocycles. The maximum absolute atomic E-state index is 12.4. The number of allylic oxidation sites excluding steroid dienone is 2. The lowest BCUT2D eigenvalue weighted by molar-refractivity contribution is 0.0989. The lowest BCUT2D eigenvalue weighted by atomic mass is 10.1. The fourth-order valence-electron chi connectivity index (χ4n) is 3.09. The molecule has 0 aliphatic rings. The van der Waals surface area contributed by atoms with E-state index in [-0.39, 0.29) is 5.78 Å². The molecule has 0 atom stereocenters. The molecule has 0 aliphatic heterocycles. The number of hydrogen-bond acceptors (Lipinski definition) is 6. The summed E-state index contributed by atoms with van der Waals surface area (Å²) in [6, 6.07) is 13.1. The van der Waals surface area contributed by atoms with Gasteiger partial charge >= 0.3 is 0 Å². The van der Waals surface area contributed by atoms with Crippen molar-refractivity contribution in [1.82, 2.24) is 9.97 Å². The Hall–Kier alpha value is -3.80. The minimum absolute atomic E-state index is 0.0520. The second-order valence-corrected chi connectivity index (χ2v) is 6.84. The van der Waals surface area contributed by atoms with E-state index in [0.29, 0.717) is 41.5 Å². The quantitative estimate of drug-likeness (QED) is 0.251. The summed E-state index contributed by atoms with van der Waals surface area (Å²) in [6.45, 7) is 11.9. The van der Waals surface area contributed by atoms with E-state index in [2.05, 4.69) is 35.5 Å². The van der Waals surface area contributed by atoms with Gasteiger partial charge in [-0.3, -0.25) is 9.79 Å². The Morgan fingerprint density at radius 2 is 2.00 bits per heavy atom. The normalized spacial score (nSPS) is 11.2. The average Bonchev–Trinajstić information content (AvgIpc) is 2.81. The van der Waals surface area contributed by atoms with Crippen LogP contribution in [0.5, 0.6) is 5.75 Å². The third kappa shape index (κ3) is 5.04. The van der Waals surface area contributed by atoms with Crippen LogP contribution in [0.4, 0.5) is 11.5 Å². The van der Waals surface area contributed by atoms with Gasteiger partial charge in [-0.1, -0.05) is 38.6 Å². The first-order valence-electron chi connectivity index (χ1n) is 10.2. The van der Waals surface area contributed by atoms with E-state index in [0.717, 1.165) is 23.1 Å². The number of fused-ring (bicyclic) bond motifs is 1. The van der Waals surface area contributed by atoms with Crippen LogP contribution in [0.15, 0.2) is 66.3 Å². The van der Waals surface area contributed by atoms with Crippen LogP contribution >= 0.6 is 0 Å². The number of anilines is 2. The topological polar surface area (TPSA) is 76.5 Å². The fraction of sp³-hybridized carbons (Fsp3) is 0.200. The second-order valence-electron chi connectivity index (χ2n) is 6.84. The first-order valence-corrected chi connectivity index (χ1v) is 10.2. The molecule has 0 bridgehead atoms. The van der Waals surface area contributed by atoms with Crippen molar-refractivity contribution >= 4 is 40.5 Å². The Bertz CT molecular complexity index is 1150. The summed E-state index contributed by atoms with van der Waals surface area (Å²) in [4.78, 5) is 25.6. The number of aromatic nitrogens is 2. The Labute approximate surface area is 182 Å². The molecule has 0 spiro atoms. The molecule has 0 amide bonds. The van der Waals surface area contributed by atoms with Crippen molar-refractivity contribution in [3.05, 3.63) is 72.7 Å². The predicted octanol–water partition coefficient (Wildman–Crippen LogP) is 5.98. The standard InChI is InChI=1S/C25H26N4O2/c1-5-14-31-18-12-13-22-20(15-18)25(29-24(27-22)17(6-2)16-26-4)28-21-11-9-8-10-19(21)23(30)7-3/h6,8-13,15-16H,2,4-5,7,14H2,1,3H3,(H,27,28,29)/b17-16+. The van der Waals surface area contributed by atoms with Crippen LogP contribution in [0, 0.1) is 0 Å². The zero-order chi connectivity index (χ0) is 22.2. The molecule has 3 aromatic rings. The lowest BCUT2D eigenvalue weighted by Gasteiger charge is -2.14. The number of aliphatic imine (C=N–C) groups is 1. The molecule has 6 nitrogen and oxygen atoms in total. The summed E-state index contributed by atoms with van der Waals surface area (Å²) in [5.74, 6) is 1.81. The summed E-state index contributed by atoms with van der Waals surface area (Å²) in [6.07, 6.45) is 4.52. The smallest absolute Gasteiger partial charge is 0.164 e. The van der Waals surface area contributed by atoms with E-state index >= 15 is 0 Å². The van der Waals surface area contributed by atoms with E-state index in [1.165, 1.54) is 0 Å². The van der Waals surface area contributed by atoms with E-state index in [1.54, 1.807) is 12.3 Å². The van der Waals surface area contributed by atoms with Crippen molar-refractivity contribution in [2.24, 2.45) is 4.99 Å². The Morgan fingerprint density at radius 3 is 2.71 bits per heavy atom. The van der Waals surface area contributed by atoms with Crippen molar-refractivity contribution in [3.8, 4) is 5.75 Å². The highest BCUT2D eigenvalue weighted by Crippen LogP contribution is 2.30. The predicted molar refractivity (Wildman–Crippen MR) is 127 cm³/mol. The number of hydrogen-bond donors (Lipinski definition) is 1. The van der Waals surface area contributed by atoms with Crippen LogP contribution in [-0.4, -0.2) is 29.1 Å². The van der Waals surface area contributed by atoms with Gasteiger partial charge in [-0.2, -0.15) is 0 Å². The first kappa shape index (κ1) is 21.9. The fourth-order valence-corrected chi connectivity index (χ4v) is 3.09. The van der Waals surface area contributed by atoms with Gasteiger partial charge in [-0.15, -0.1) is 0 Å². The van der Waals surface area contributed by atoms with E-state index < -0.39 is 0 Å². The first-order chi connectivity index (χ1) is 15.1. The number of carbonyl (C=O) groups excluding carboxylic acids is 1. The van der Waals surface area contributed by atoms with Crippen molar-refractivity contribution < 1.29 is 9.53 Å². The highest BCUT2D eigenvalue weighted by Gasteiger charge is 2.15. The number of nitrogens with one attached hydrogen (secondary N) is 1. The molecule has 3 rings (SSSR count). The maximum Gasteiger partial charge on any atom is 0.164 e. The second kappa shape index (κ2) is 10.3. The summed E-state index contributed by atoms with van der Waals surface area (Å²) in [5.41, 5.74) is 2.67. The Morgan fingerprint density at radius 1 is 1.19 bits per heavy atom. The number of ketones is 1. The average molecular weight is 415 g/mol. The minimum atomic E-state index is 0.0520. The molecule has 0 fully saturated rings. The molecule has 158 valence electrons. The van der Waals surface area contributed by atoms with Gasteiger partial charge in [0, 0.05) is 29.1 Å². The molecular weight excluding hydrogens is 388 g/mol. The van der Waals surface area contributed by atoms with Crippen LogP contribution < -0.4 is 10.1 Å². The SMILES string of the molecule is C=C/C(=C\N=C)c1nc(Nc2ccccc2C(=O)CC)c2cc(OCCC)ccc2n1. The van der Waals surface area contributed by atoms with Gasteiger partial charge in [0.2, 0.25) is 0 Å². The Balaban J connectivity index is 2.18. The molecule has 0 saturated heterocycles. The highest BCUT2D eigenvalue weighted by atomic mass is 16.5. The third-order valence-corrected chi connectivity index (χ3v) is 4.65. The zero-order valence-electron chi connectivity index (χ0n) is 17.9. The number of nitrogens with zero attached hydrogens (tertiary/aromatic N) is 3. The molecule has 0 unspecified atom stereocenters. The molecule has 6 heteroatoms. The van der Waals surface area contributed by atoms with Crippen molar-refractivity contribution in [1.29, 1.82) is 0 Å². The van der Waals surface area contributed by atoms with Crippen molar-refractivity contribution in [3.63, 3.8) is 0 Å².